The maximum atomic E-state index is 6.20. The smallest absolute Gasteiger partial charge is 0.0707 e. The second-order valence-corrected chi connectivity index (χ2v) is 6.93. The molecule has 118 valence electrons. The molecule has 0 spiro atoms. The van der Waals surface area contributed by atoms with Crippen LogP contribution in [0, 0.1) is 5.92 Å². The molecule has 4 atom stereocenters. The third-order valence-electron chi connectivity index (χ3n) is 5.12. The maximum Gasteiger partial charge on any atom is 0.0707 e. The molecule has 0 aromatic rings. The molecule has 0 aromatic carbocycles. The van der Waals surface area contributed by atoms with E-state index in [1.54, 1.807) is 0 Å². The van der Waals surface area contributed by atoms with Crippen molar-refractivity contribution in [1.82, 2.24) is 10.2 Å². The molecule has 3 nitrogen and oxygen atoms in total. The highest BCUT2D eigenvalue weighted by Gasteiger charge is 2.30. The molecule has 0 radical (unpaired) electrons. The van der Waals surface area contributed by atoms with Crippen molar-refractivity contribution < 1.29 is 4.74 Å². The molecular formula is C17H34N2O. The Hall–Kier alpha value is -0.120. The zero-order valence-corrected chi connectivity index (χ0v) is 13.7. The molecule has 0 aromatic heterocycles. The zero-order chi connectivity index (χ0) is 14.4. The van der Waals surface area contributed by atoms with Gasteiger partial charge in [-0.25, -0.2) is 0 Å². The van der Waals surface area contributed by atoms with Crippen molar-refractivity contribution in [3.63, 3.8) is 0 Å². The third kappa shape index (κ3) is 4.71. The topological polar surface area (TPSA) is 24.5 Å². The minimum Gasteiger partial charge on any atom is -0.372 e. The summed E-state index contributed by atoms with van der Waals surface area (Å²) in [5.41, 5.74) is 0. The van der Waals surface area contributed by atoms with E-state index in [0.29, 0.717) is 12.2 Å². The lowest BCUT2D eigenvalue weighted by molar-refractivity contribution is 0.0110. The van der Waals surface area contributed by atoms with Crippen LogP contribution in [0.15, 0.2) is 0 Å². The van der Waals surface area contributed by atoms with E-state index < -0.39 is 0 Å². The third-order valence-corrected chi connectivity index (χ3v) is 5.12. The molecular weight excluding hydrogens is 248 g/mol. The first kappa shape index (κ1) is 16.3. The Bertz CT molecular complexity index is 272. The van der Waals surface area contributed by atoms with Crippen LogP contribution in [0.5, 0.6) is 0 Å². The summed E-state index contributed by atoms with van der Waals surface area (Å²) in [7, 11) is 2.30. The van der Waals surface area contributed by atoms with Gasteiger partial charge < -0.3 is 15.0 Å². The fourth-order valence-corrected chi connectivity index (χ4v) is 3.91. The number of rotatable bonds is 7. The highest BCUT2D eigenvalue weighted by molar-refractivity contribution is 4.83. The Morgan fingerprint density at radius 3 is 2.60 bits per heavy atom. The molecule has 3 heteroatoms. The van der Waals surface area contributed by atoms with Crippen molar-refractivity contribution >= 4 is 0 Å². The highest BCUT2D eigenvalue weighted by Crippen LogP contribution is 2.29. The summed E-state index contributed by atoms with van der Waals surface area (Å²) < 4.78 is 6.20. The van der Waals surface area contributed by atoms with E-state index in [4.69, 9.17) is 4.74 Å². The summed E-state index contributed by atoms with van der Waals surface area (Å²) in [5.74, 6) is 0.858. The molecule has 2 rings (SSSR count). The van der Waals surface area contributed by atoms with Crippen LogP contribution in [-0.4, -0.2) is 49.8 Å². The molecule has 20 heavy (non-hydrogen) atoms. The molecule has 1 aliphatic heterocycles. The average molecular weight is 282 g/mol. The Morgan fingerprint density at radius 2 is 1.85 bits per heavy atom. The van der Waals surface area contributed by atoms with E-state index in [0.717, 1.165) is 31.6 Å². The van der Waals surface area contributed by atoms with Crippen LogP contribution in [0.2, 0.25) is 0 Å². The summed E-state index contributed by atoms with van der Waals surface area (Å²) in [6.45, 7) is 7.91. The Balaban J connectivity index is 1.68. The molecule has 2 fully saturated rings. The minimum absolute atomic E-state index is 0.448. The molecule has 0 bridgehead atoms. The second kappa shape index (κ2) is 8.35. The van der Waals surface area contributed by atoms with Crippen molar-refractivity contribution in [3.8, 4) is 0 Å². The number of nitrogens with zero attached hydrogens (tertiary/aromatic N) is 1. The summed E-state index contributed by atoms with van der Waals surface area (Å²) in [6.07, 6.45) is 10.2. The second-order valence-electron chi connectivity index (χ2n) is 6.93. The quantitative estimate of drug-likeness (QED) is 0.726. The number of likely N-dealkylation sites (N-methyl/N-ethyl adjacent to an activating group) is 1. The van der Waals surface area contributed by atoms with Gasteiger partial charge in [0.25, 0.3) is 0 Å². The van der Waals surface area contributed by atoms with E-state index in [-0.39, 0.29) is 0 Å². The lowest BCUT2D eigenvalue weighted by Gasteiger charge is -2.37. The number of ether oxygens (including phenoxy) is 1. The average Bonchev–Trinajstić information content (AvgIpc) is 2.87. The summed E-state index contributed by atoms with van der Waals surface area (Å²) in [6, 6.07) is 0.782. The van der Waals surface area contributed by atoms with E-state index in [2.05, 4.69) is 31.1 Å². The van der Waals surface area contributed by atoms with Crippen LogP contribution in [0.1, 0.15) is 58.8 Å². The fourth-order valence-electron chi connectivity index (χ4n) is 3.91. The molecule has 1 aliphatic carbocycles. The van der Waals surface area contributed by atoms with Gasteiger partial charge in [-0.2, -0.15) is 0 Å². The van der Waals surface area contributed by atoms with Gasteiger partial charge in [-0.05, 0) is 51.6 Å². The van der Waals surface area contributed by atoms with Crippen molar-refractivity contribution in [3.05, 3.63) is 0 Å². The van der Waals surface area contributed by atoms with Crippen molar-refractivity contribution in [2.45, 2.75) is 77.0 Å². The van der Waals surface area contributed by atoms with Crippen molar-refractivity contribution in [1.29, 1.82) is 0 Å². The molecule has 0 amide bonds. The van der Waals surface area contributed by atoms with E-state index in [1.807, 2.05) is 0 Å². The normalized spacial score (nSPS) is 34.8. The number of nitrogens with one attached hydrogen (secondary N) is 1. The molecule has 4 unspecified atom stereocenters. The monoisotopic (exact) mass is 282 g/mol. The van der Waals surface area contributed by atoms with Crippen LogP contribution in [0.25, 0.3) is 0 Å². The predicted molar refractivity (Wildman–Crippen MR) is 85.1 cm³/mol. The molecule has 1 saturated heterocycles. The van der Waals surface area contributed by atoms with Crippen molar-refractivity contribution in [2.75, 3.05) is 26.7 Å². The first-order chi connectivity index (χ1) is 9.70. The maximum absolute atomic E-state index is 6.20. The first-order valence-corrected chi connectivity index (χ1v) is 8.77. The van der Waals surface area contributed by atoms with E-state index in [1.165, 1.54) is 44.9 Å². The SMILES string of the molecule is CCCNCC1CCC(CN(C)C2CCCCC2C)O1. The molecule has 1 heterocycles. The number of hydrogen-bond acceptors (Lipinski definition) is 3. The van der Waals surface area contributed by atoms with Crippen LogP contribution in [0.4, 0.5) is 0 Å². The lowest BCUT2D eigenvalue weighted by Crippen LogP contribution is -2.43. The van der Waals surface area contributed by atoms with Gasteiger partial charge in [-0.3, -0.25) is 0 Å². The summed E-state index contributed by atoms with van der Waals surface area (Å²) >= 11 is 0. The van der Waals surface area contributed by atoms with Crippen LogP contribution < -0.4 is 5.32 Å². The largest absolute Gasteiger partial charge is 0.372 e. The van der Waals surface area contributed by atoms with Gasteiger partial charge in [-0.15, -0.1) is 0 Å². The Labute approximate surface area is 125 Å². The lowest BCUT2D eigenvalue weighted by atomic mass is 9.85. The van der Waals surface area contributed by atoms with Gasteiger partial charge in [0.05, 0.1) is 12.2 Å². The predicted octanol–water partition coefficient (Wildman–Crippen LogP) is 3.04. The van der Waals surface area contributed by atoms with Gasteiger partial charge in [0.15, 0.2) is 0 Å². The van der Waals surface area contributed by atoms with Gasteiger partial charge in [0, 0.05) is 19.1 Å². The first-order valence-electron chi connectivity index (χ1n) is 8.77. The highest BCUT2D eigenvalue weighted by atomic mass is 16.5. The Kier molecular flexibility index (Phi) is 6.79. The Morgan fingerprint density at radius 1 is 1.10 bits per heavy atom. The van der Waals surface area contributed by atoms with Crippen molar-refractivity contribution in [2.24, 2.45) is 5.92 Å². The van der Waals surface area contributed by atoms with E-state index in [9.17, 15) is 0 Å². The van der Waals surface area contributed by atoms with E-state index >= 15 is 0 Å². The molecule has 1 N–H and O–H groups in total. The fraction of sp³-hybridized carbons (Fsp3) is 1.00. The number of hydrogen-bond donors (Lipinski definition) is 1. The van der Waals surface area contributed by atoms with Crippen LogP contribution in [0.3, 0.4) is 0 Å². The van der Waals surface area contributed by atoms with Gasteiger partial charge in [0.2, 0.25) is 0 Å². The van der Waals surface area contributed by atoms with Gasteiger partial charge in [0.1, 0.15) is 0 Å². The summed E-state index contributed by atoms with van der Waals surface area (Å²) in [4.78, 5) is 2.58. The molecule has 1 saturated carbocycles. The van der Waals surface area contributed by atoms with Gasteiger partial charge >= 0.3 is 0 Å². The van der Waals surface area contributed by atoms with Gasteiger partial charge in [-0.1, -0.05) is 26.7 Å². The van der Waals surface area contributed by atoms with Crippen LogP contribution >= 0.6 is 0 Å². The zero-order valence-electron chi connectivity index (χ0n) is 13.7. The summed E-state index contributed by atoms with van der Waals surface area (Å²) in [5, 5.41) is 3.48. The minimum atomic E-state index is 0.448. The standard InChI is InChI=1S/C17H34N2O/c1-4-11-18-12-15-9-10-16(20-15)13-19(3)17-8-6-5-7-14(17)2/h14-18H,4-13H2,1-3H3. The molecule has 2 aliphatic rings. The van der Waals surface area contributed by atoms with Crippen LogP contribution in [-0.2, 0) is 4.74 Å².